The van der Waals surface area contributed by atoms with Crippen LogP contribution < -0.4 is 5.32 Å². The molecule has 0 bridgehead atoms. The minimum atomic E-state index is -0.674. The lowest BCUT2D eigenvalue weighted by molar-refractivity contribution is -0.128. The third-order valence-electron chi connectivity index (χ3n) is 6.21. The molecule has 42 heavy (non-hydrogen) atoms. The summed E-state index contributed by atoms with van der Waals surface area (Å²) in [6.45, 7) is 4.37. The second-order valence-electron chi connectivity index (χ2n) is 9.18. The predicted octanol–water partition coefficient (Wildman–Crippen LogP) is 5.90. The van der Waals surface area contributed by atoms with Crippen LogP contribution in [0.4, 0.5) is 11.4 Å². The molecule has 218 valence electrons. The Balaban J connectivity index is 1.47. The molecule has 0 radical (unpaired) electrons. The Kier molecular flexibility index (Phi) is 10.7. The lowest BCUT2D eigenvalue weighted by atomic mass is 10.1. The molecule has 1 saturated heterocycles. The molecule has 1 aliphatic rings. The SMILES string of the molecule is CCOC(=O)c1ccc(N=C2SC(CC(=O)Nc3ccc(C(=O)OCC)cc3)C(=O)N2CCc2ccc(Cl)cc2)cc1. The van der Waals surface area contributed by atoms with E-state index in [1.807, 2.05) is 12.1 Å². The van der Waals surface area contributed by atoms with Gasteiger partial charge in [-0.15, -0.1) is 0 Å². The van der Waals surface area contributed by atoms with Crippen molar-refractivity contribution in [1.29, 1.82) is 0 Å². The summed E-state index contributed by atoms with van der Waals surface area (Å²) >= 11 is 7.23. The molecule has 0 spiro atoms. The molecule has 4 rings (SSSR count). The number of benzene rings is 3. The van der Waals surface area contributed by atoms with Crippen LogP contribution in [0.5, 0.6) is 0 Å². The summed E-state index contributed by atoms with van der Waals surface area (Å²) in [7, 11) is 0. The molecule has 1 unspecified atom stereocenters. The van der Waals surface area contributed by atoms with Crippen LogP contribution in [0.2, 0.25) is 5.02 Å². The molecule has 1 fully saturated rings. The number of thioether (sulfide) groups is 1. The molecular formula is C31H30ClN3O6S. The Morgan fingerprint density at radius 2 is 1.45 bits per heavy atom. The third-order valence-corrected chi connectivity index (χ3v) is 7.64. The molecule has 0 aromatic heterocycles. The highest BCUT2D eigenvalue weighted by Crippen LogP contribution is 2.32. The number of rotatable bonds is 11. The number of hydrogen-bond acceptors (Lipinski definition) is 8. The monoisotopic (exact) mass is 607 g/mol. The number of carbonyl (C=O) groups excluding carboxylic acids is 4. The highest BCUT2D eigenvalue weighted by molar-refractivity contribution is 8.15. The van der Waals surface area contributed by atoms with Crippen molar-refractivity contribution in [2.75, 3.05) is 25.1 Å². The van der Waals surface area contributed by atoms with Gasteiger partial charge in [-0.3, -0.25) is 14.5 Å². The lowest BCUT2D eigenvalue weighted by Gasteiger charge is -2.16. The number of aliphatic imine (C=N–C) groups is 1. The number of ether oxygens (including phenoxy) is 2. The maximum Gasteiger partial charge on any atom is 0.338 e. The minimum absolute atomic E-state index is 0.0681. The first kappa shape index (κ1) is 30.8. The average Bonchev–Trinajstić information content (AvgIpc) is 3.26. The number of anilines is 1. The van der Waals surface area contributed by atoms with Crippen LogP contribution in [-0.4, -0.2) is 58.8 Å². The summed E-state index contributed by atoms with van der Waals surface area (Å²) < 4.78 is 10.0. The van der Waals surface area contributed by atoms with Crippen LogP contribution in [0, 0.1) is 0 Å². The van der Waals surface area contributed by atoms with Crippen LogP contribution in [0.15, 0.2) is 77.8 Å². The number of amides is 2. The first-order chi connectivity index (χ1) is 20.3. The fourth-order valence-electron chi connectivity index (χ4n) is 4.10. The molecule has 0 aliphatic carbocycles. The topological polar surface area (TPSA) is 114 Å². The normalized spacial score (nSPS) is 15.5. The molecule has 3 aromatic carbocycles. The first-order valence-electron chi connectivity index (χ1n) is 13.4. The standard InChI is InChI=1S/C31H30ClN3O6S/c1-3-40-29(38)21-7-13-24(14-8-21)33-27(36)19-26-28(37)35(18-17-20-5-11-23(32)12-6-20)31(42-26)34-25-15-9-22(10-16-25)30(39)41-4-2/h5-16,26H,3-4,17-19H2,1-2H3,(H,33,36). The van der Waals surface area contributed by atoms with Crippen molar-refractivity contribution in [3.8, 4) is 0 Å². The molecule has 1 heterocycles. The number of amidine groups is 1. The maximum atomic E-state index is 13.5. The van der Waals surface area contributed by atoms with E-state index in [1.165, 1.54) is 11.8 Å². The number of hydrogen-bond donors (Lipinski definition) is 1. The van der Waals surface area contributed by atoms with Gasteiger partial charge in [0.2, 0.25) is 11.8 Å². The van der Waals surface area contributed by atoms with Crippen molar-refractivity contribution in [2.45, 2.75) is 31.9 Å². The van der Waals surface area contributed by atoms with Gasteiger partial charge in [0.05, 0.1) is 30.0 Å². The molecule has 1 atom stereocenters. The lowest BCUT2D eigenvalue weighted by Crippen LogP contribution is -2.35. The van der Waals surface area contributed by atoms with E-state index in [0.29, 0.717) is 45.7 Å². The van der Waals surface area contributed by atoms with E-state index in [2.05, 4.69) is 10.3 Å². The Morgan fingerprint density at radius 3 is 2.02 bits per heavy atom. The largest absolute Gasteiger partial charge is 0.462 e. The number of esters is 2. The van der Waals surface area contributed by atoms with Gasteiger partial charge in [0.1, 0.15) is 5.25 Å². The highest BCUT2D eigenvalue weighted by Gasteiger charge is 2.39. The Labute approximate surface area is 253 Å². The Morgan fingerprint density at radius 1 is 0.881 bits per heavy atom. The summed E-state index contributed by atoms with van der Waals surface area (Å²) in [6, 6.07) is 20.4. The molecule has 9 nitrogen and oxygen atoms in total. The van der Waals surface area contributed by atoms with Gasteiger partial charge in [0, 0.05) is 23.7 Å². The molecule has 1 aliphatic heterocycles. The van der Waals surface area contributed by atoms with Crippen LogP contribution in [0.1, 0.15) is 46.5 Å². The fourth-order valence-corrected chi connectivity index (χ4v) is 5.41. The van der Waals surface area contributed by atoms with Gasteiger partial charge in [0.25, 0.3) is 0 Å². The molecule has 0 saturated carbocycles. The van der Waals surface area contributed by atoms with E-state index >= 15 is 0 Å². The van der Waals surface area contributed by atoms with E-state index in [-0.39, 0.29) is 31.4 Å². The average molecular weight is 608 g/mol. The van der Waals surface area contributed by atoms with E-state index in [4.69, 9.17) is 21.1 Å². The van der Waals surface area contributed by atoms with E-state index in [1.54, 1.807) is 79.4 Å². The van der Waals surface area contributed by atoms with Gasteiger partial charge >= 0.3 is 11.9 Å². The van der Waals surface area contributed by atoms with E-state index in [9.17, 15) is 19.2 Å². The van der Waals surface area contributed by atoms with Gasteiger partial charge in [0.15, 0.2) is 5.17 Å². The van der Waals surface area contributed by atoms with Gasteiger partial charge in [-0.2, -0.15) is 0 Å². The molecular weight excluding hydrogens is 578 g/mol. The van der Waals surface area contributed by atoms with Crippen molar-refractivity contribution in [1.82, 2.24) is 4.90 Å². The zero-order valence-corrected chi connectivity index (χ0v) is 24.7. The zero-order valence-electron chi connectivity index (χ0n) is 23.2. The highest BCUT2D eigenvalue weighted by atomic mass is 35.5. The molecule has 1 N–H and O–H groups in total. The predicted molar refractivity (Wildman–Crippen MR) is 163 cm³/mol. The number of halogens is 1. The van der Waals surface area contributed by atoms with E-state index < -0.39 is 17.2 Å². The fraction of sp³-hybridized carbons (Fsp3) is 0.258. The molecule has 2 amide bonds. The summed E-state index contributed by atoms with van der Waals surface area (Å²) in [5.74, 6) is -1.43. The zero-order chi connectivity index (χ0) is 30.1. The summed E-state index contributed by atoms with van der Waals surface area (Å²) in [5.41, 5.74) is 2.84. The van der Waals surface area contributed by atoms with Crippen LogP contribution >= 0.6 is 23.4 Å². The summed E-state index contributed by atoms with van der Waals surface area (Å²) in [6.07, 6.45) is 0.497. The van der Waals surface area contributed by atoms with E-state index in [0.717, 1.165) is 5.56 Å². The van der Waals surface area contributed by atoms with Crippen LogP contribution in [-0.2, 0) is 25.5 Å². The number of carbonyl (C=O) groups is 4. The Hall–Kier alpha value is -4.15. The second kappa shape index (κ2) is 14.7. The van der Waals surface area contributed by atoms with Crippen molar-refractivity contribution < 1.29 is 28.7 Å². The maximum absolute atomic E-state index is 13.5. The quantitative estimate of drug-likeness (QED) is 0.270. The number of nitrogens with zero attached hydrogens (tertiary/aromatic N) is 2. The van der Waals surface area contributed by atoms with Crippen molar-refractivity contribution in [2.24, 2.45) is 4.99 Å². The summed E-state index contributed by atoms with van der Waals surface area (Å²) in [5, 5.41) is 3.20. The van der Waals surface area contributed by atoms with Crippen LogP contribution in [0.3, 0.4) is 0 Å². The first-order valence-corrected chi connectivity index (χ1v) is 14.7. The second-order valence-corrected chi connectivity index (χ2v) is 10.8. The molecule has 11 heteroatoms. The van der Waals surface area contributed by atoms with Crippen molar-refractivity contribution in [3.05, 3.63) is 94.5 Å². The van der Waals surface area contributed by atoms with Gasteiger partial charge in [-0.05, 0) is 86.5 Å². The smallest absolute Gasteiger partial charge is 0.338 e. The third kappa shape index (κ3) is 8.20. The minimum Gasteiger partial charge on any atom is -0.462 e. The van der Waals surface area contributed by atoms with Gasteiger partial charge in [-0.25, -0.2) is 14.6 Å². The molecule has 3 aromatic rings. The number of nitrogens with one attached hydrogen (secondary N) is 1. The van der Waals surface area contributed by atoms with Crippen molar-refractivity contribution >= 4 is 63.7 Å². The van der Waals surface area contributed by atoms with Gasteiger partial charge in [-0.1, -0.05) is 35.5 Å². The van der Waals surface area contributed by atoms with Crippen molar-refractivity contribution in [3.63, 3.8) is 0 Å². The Bertz CT molecular complexity index is 1460. The van der Waals surface area contributed by atoms with Gasteiger partial charge < -0.3 is 14.8 Å². The summed E-state index contributed by atoms with van der Waals surface area (Å²) in [4.78, 5) is 56.5. The van der Waals surface area contributed by atoms with Crippen LogP contribution in [0.25, 0.3) is 0 Å².